The van der Waals surface area contributed by atoms with Gasteiger partial charge >= 0.3 is 5.97 Å². The number of anilines is 1. The van der Waals surface area contributed by atoms with Gasteiger partial charge in [0.25, 0.3) is 5.91 Å². The number of hydrogen-bond acceptors (Lipinski definition) is 5. The van der Waals surface area contributed by atoms with Gasteiger partial charge < -0.3 is 19.4 Å². The van der Waals surface area contributed by atoms with Crippen LogP contribution in [0.5, 0.6) is 0 Å². The molecule has 0 aliphatic carbocycles. The second-order valence-corrected chi connectivity index (χ2v) is 6.19. The summed E-state index contributed by atoms with van der Waals surface area (Å²) in [7, 11) is 0. The molecule has 1 aliphatic rings. The molecule has 7 nitrogen and oxygen atoms in total. The predicted octanol–water partition coefficient (Wildman–Crippen LogP) is 2.20. The Morgan fingerprint density at radius 1 is 1.27 bits per heavy atom. The number of likely N-dealkylation sites (tertiary alicyclic amines) is 1. The van der Waals surface area contributed by atoms with Gasteiger partial charge in [-0.3, -0.25) is 14.4 Å². The summed E-state index contributed by atoms with van der Waals surface area (Å²) in [4.78, 5) is 38.1. The predicted molar refractivity (Wildman–Crippen MR) is 92.9 cm³/mol. The number of para-hydroxylation sites is 1. The first-order valence-electron chi connectivity index (χ1n) is 8.39. The van der Waals surface area contributed by atoms with Gasteiger partial charge in [-0.25, -0.2) is 0 Å². The number of nitrogens with zero attached hydrogens (tertiary/aromatic N) is 1. The number of ether oxygens (including phenoxy) is 1. The summed E-state index contributed by atoms with van der Waals surface area (Å²) in [5.41, 5.74) is 0.626. The highest BCUT2D eigenvalue weighted by Crippen LogP contribution is 2.22. The van der Waals surface area contributed by atoms with Crippen LogP contribution in [0.4, 0.5) is 5.69 Å². The van der Waals surface area contributed by atoms with Gasteiger partial charge in [-0.05, 0) is 31.2 Å². The van der Waals surface area contributed by atoms with E-state index < -0.39 is 23.9 Å². The van der Waals surface area contributed by atoms with Crippen molar-refractivity contribution in [2.45, 2.75) is 26.0 Å². The number of carbonyl (C=O) groups excluding carboxylic acids is 3. The maximum Gasteiger partial charge on any atom is 0.312 e. The Kier molecular flexibility index (Phi) is 5.36. The fourth-order valence-corrected chi connectivity index (χ4v) is 2.76. The zero-order chi connectivity index (χ0) is 18.5. The van der Waals surface area contributed by atoms with Crippen molar-refractivity contribution in [3.05, 3.63) is 54.5 Å². The van der Waals surface area contributed by atoms with E-state index in [2.05, 4.69) is 5.32 Å². The van der Waals surface area contributed by atoms with Crippen molar-refractivity contribution in [2.24, 2.45) is 5.92 Å². The zero-order valence-corrected chi connectivity index (χ0v) is 14.4. The summed E-state index contributed by atoms with van der Waals surface area (Å²) >= 11 is 0. The molecule has 26 heavy (non-hydrogen) atoms. The van der Waals surface area contributed by atoms with Crippen LogP contribution in [0.3, 0.4) is 0 Å². The van der Waals surface area contributed by atoms with Gasteiger partial charge in [0.2, 0.25) is 5.91 Å². The Labute approximate surface area is 150 Å². The van der Waals surface area contributed by atoms with Gasteiger partial charge in [0.1, 0.15) is 5.76 Å². The van der Waals surface area contributed by atoms with Crippen molar-refractivity contribution in [3.63, 3.8) is 0 Å². The van der Waals surface area contributed by atoms with Crippen molar-refractivity contribution in [1.29, 1.82) is 0 Å². The SMILES string of the molecule is C[C@H](OC(=O)[C@H]1CC(=O)N(Cc2ccco2)C1)C(=O)Nc1ccccc1. The molecule has 2 atom stereocenters. The number of rotatable bonds is 6. The molecule has 0 spiro atoms. The molecule has 0 unspecified atom stereocenters. The van der Waals surface area contributed by atoms with Crippen LogP contribution in [0, 0.1) is 5.92 Å². The average Bonchev–Trinajstić information content (AvgIpc) is 3.26. The third-order valence-corrected chi connectivity index (χ3v) is 4.18. The second-order valence-electron chi connectivity index (χ2n) is 6.19. The van der Waals surface area contributed by atoms with Crippen LogP contribution in [0.25, 0.3) is 0 Å². The topological polar surface area (TPSA) is 88.9 Å². The Morgan fingerprint density at radius 3 is 2.73 bits per heavy atom. The maximum absolute atomic E-state index is 12.3. The molecule has 0 bridgehead atoms. The number of amides is 2. The molecule has 1 aromatic heterocycles. The van der Waals surface area contributed by atoms with E-state index in [0.29, 0.717) is 18.0 Å². The van der Waals surface area contributed by atoms with Crippen molar-refractivity contribution < 1.29 is 23.5 Å². The summed E-state index contributed by atoms with van der Waals surface area (Å²) in [5, 5.41) is 2.68. The van der Waals surface area contributed by atoms with Gasteiger partial charge in [-0.1, -0.05) is 18.2 Å². The summed E-state index contributed by atoms with van der Waals surface area (Å²) in [6.45, 7) is 2.08. The molecule has 136 valence electrons. The number of nitrogens with one attached hydrogen (secondary N) is 1. The first-order chi connectivity index (χ1) is 12.5. The maximum atomic E-state index is 12.3. The largest absolute Gasteiger partial charge is 0.467 e. The van der Waals surface area contributed by atoms with Crippen molar-refractivity contribution in [3.8, 4) is 0 Å². The van der Waals surface area contributed by atoms with E-state index in [0.717, 1.165) is 0 Å². The first-order valence-corrected chi connectivity index (χ1v) is 8.39. The van der Waals surface area contributed by atoms with Crippen LogP contribution >= 0.6 is 0 Å². The average molecular weight is 356 g/mol. The van der Waals surface area contributed by atoms with Crippen molar-refractivity contribution in [2.75, 3.05) is 11.9 Å². The molecule has 2 aromatic rings. The molecule has 2 heterocycles. The summed E-state index contributed by atoms with van der Waals surface area (Å²) in [6, 6.07) is 12.4. The Bertz CT molecular complexity index is 772. The fourth-order valence-electron chi connectivity index (χ4n) is 2.76. The lowest BCUT2D eigenvalue weighted by Crippen LogP contribution is -2.33. The number of furan rings is 1. The van der Waals surface area contributed by atoms with Gasteiger partial charge in [-0.2, -0.15) is 0 Å². The molecular weight excluding hydrogens is 336 g/mol. The van der Waals surface area contributed by atoms with Gasteiger partial charge in [0, 0.05) is 18.7 Å². The minimum Gasteiger partial charge on any atom is -0.467 e. The Balaban J connectivity index is 1.51. The summed E-state index contributed by atoms with van der Waals surface area (Å²) in [6.07, 6.45) is 0.665. The third-order valence-electron chi connectivity index (χ3n) is 4.18. The van der Waals surface area contributed by atoms with Crippen LogP contribution in [0.1, 0.15) is 19.1 Å². The molecule has 3 rings (SSSR count). The van der Waals surface area contributed by atoms with E-state index in [4.69, 9.17) is 9.15 Å². The third kappa shape index (κ3) is 4.30. The number of carbonyl (C=O) groups is 3. The lowest BCUT2D eigenvalue weighted by molar-refractivity contribution is -0.157. The highest BCUT2D eigenvalue weighted by Gasteiger charge is 2.36. The van der Waals surface area contributed by atoms with Gasteiger partial charge in [0.15, 0.2) is 6.10 Å². The highest BCUT2D eigenvalue weighted by molar-refractivity contribution is 5.95. The quantitative estimate of drug-likeness (QED) is 0.802. The van der Waals surface area contributed by atoms with E-state index >= 15 is 0 Å². The molecule has 2 amide bonds. The van der Waals surface area contributed by atoms with Gasteiger partial charge in [-0.15, -0.1) is 0 Å². The molecule has 0 saturated carbocycles. The standard InChI is InChI=1S/C19H20N2O5/c1-13(18(23)20-15-6-3-2-4-7-15)26-19(24)14-10-17(22)21(11-14)12-16-8-5-9-25-16/h2-9,13-14H,10-12H2,1H3,(H,20,23)/t13-,14-/m0/s1. The van der Waals surface area contributed by atoms with E-state index in [1.807, 2.05) is 6.07 Å². The van der Waals surface area contributed by atoms with E-state index in [9.17, 15) is 14.4 Å². The molecule has 1 fully saturated rings. The number of hydrogen-bond donors (Lipinski definition) is 1. The Hall–Kier alpha value is -3.09. The van der Waals surface area contributed by atoms with Crippen LogP contribution in [0.2, 0.25) is 0 Å². The van der Waals surface area contributed by atoms with Gasteiger partial charge in [0.05, 0.1) is 18.7 Å². The Morgan fingerprint density at radius 2 is 2.04 bits per heavy atom. The number of esters is 1. The van der Waals surface area contributed by atoms with Crippen LogP contribution in [0.15, 0.2) is 53.1 Å². The summed E-state index contributed by atoms with van der Waals surface area (Å²) < 4.78 is 10.5. The van der Waals surface area contributed by atoms with Crippen LogP contribution in [-0.4, -0.2) is 35.3 Å². The van der Waals surface area contributed by atoms with Crippen LogP contribution < -0.4 is 5.32 Å². The smallest absolute Gasteiger partial charge is 0.312 e. The lowest BCUT2D eigenvalue weighted by Gasteiger charge is -2.17. The second kappa shape index (κ2) is 7.86. The minimum atomic E-state index is -0.947. The van der Waals surface area contributed by atoms with Crippen molar-refractivity contribution >= 4 is 23.5 Å². The monoisotopic (exact) mass is 356 g/mol. The normalized spacial score (nSPS) is 17.8. The molecule has 1 saturated heterocycles. The van der Waals surface area contributed by atoms with E-state index in [1.54, 1.807) is 41.3 Å². The zero-order valence-electron chi connectivity index (χ0n) is 14.4. The molecule has 1 N–H and O–H groups in total. The molecule has 1 aromatic carbocycles. The first kappa shape index (κ1) is 17.7. The van der Waals surface area contributed by atoms with Crippen molar-refractivity contribution in [1.82, 2.24) is 4.90 Å². The molecular formula is C19H20N2O5. The minimum absolute atomic E-state index is 0.0760. The summed E-state index contributed by atoms with van der Waals surface area (Å²) in [5.74, 6) is -1.02. The van der Waals surface area contributed by atoms with E-state index in [-0.39, 0.29) is 18.9 Å². The molecule has 0 radical (unpaired) electrons. The lowest BCUT2D eigenvalue weighted by atomic mass is 10.1. The number of benzene rings is 1. The molecule has 7 heteroatoms. The van der Waals surface area contributed by atoms with E-state index in [1.165, 1.54) is 13.2 Å². The van der Waals surface area contributed by atoms with Crippen LogP contribution in [-0.2, 0) is 25.7 Å². The highest BCUT2D eigenvalue weighted by atomic mass is 16.5. The molecule has 1 aliphatic heterocycles. The fraction of sp³-hybridized carbons (Fsp3) is 0.316.